The zero-order valence-corrected chi connectivity index (χ0v) is 17.4. The Hall–Kier alpha value is -2.21. The van der Waals surface area contributed by atoms with Gasteiger partial charge in [0.05, 0.1) is 14.1 Å². The number of thioether (sulfide) groups is 1. The number of amidine groups is 1. The molecule has 0 radical (unpaired) electrons. The Labute approximate surface area is 164 Å². The van der Waals surface area contributed by atoms with Gasteiger partial charge in [-0.1, -0.05) is 37.1 Å². The Bertz CT molecular complexity index is 899. The maximum atomic E-state index is 12.9. The van der Waals surface area contributed by atoms with E-state index in [2.05, 4.69) is 44.0 Å². The molecule has 27 heavy (non-hydrogen) atoms. The lowest BCUT2D eigenvalue weighted by Crippen LogP contribution is -2.52. The van der Waals surface area contributed by atoms with Gasteiger partial charge in [0.25, 0.3) is 5.84 Å². The predicted octanol–water partition coefficient (Wildman–Crippen LogP) is 3.92. The summed E-state index contributed by atoms with van der Waals surface area (Å²) in [5.41, 5.74) is 4.86. The molecule has 0 aromatic heterocycles. The van der Waals surface area contributed by atoms with Crippen molar-refractivity contribution in [1.29, 1.82) is 0 Å². The highest BCUT2D eigenvalue weighted by molar-refractivity contribution is 8.02. The summed E-state index contributed by atoms with van der Waals surface area (Å²) in [5, 5.41) is 0. The van der Waals surface area contributed by atoms with Crippen LogP contribution in [0.3, 0.4) is 0 Å². The standard InChI is InChI=1S/C21H26N3O2S/c1-6-7-15-11-22-19-17(20(25)24(5)21(26)23(19)4)18(15)27-12-16-10-13(2)8-9-14(16)3/h8-11,17H,6-7,12H2,1-5H3/q+1. The normalized spacial score (nSPS) is 19.9. The zero-order valence-electron chi connectivity index (χ0n) is 16.6. The molecule has 1 aromatic rings. The van der Waals surface area contributed by atoms with Gasteiger partial charge in [0.15, 0.2) is 5.92 Å². The minimum atomic E-state index is -0.487. The molecule has 1 aromatic carbocycles. The van der Waals surface area contributed by atoms with E-state index in [-0.39, 0.29) is 11.9 Å². The summed E-state index contributed by atoms with van der Waals surface area (Å²) in [6, 6.07) is 6.12. The number of aryl methyl sites for hydroxylation is 2. The number of dihydropyridines is 1. The number of hydrogen-bond donors (Lipinski definition) is 0. The first kappa shape index (κ1) is 19.5. The van der Waals surface area contributed by atoms with E-state index in [1.807, 2.05) is 6.21 Å². The molecule has 2 aliphatic heterocycles. The first-order valence-corrected chi connectivity index (χ1v) is 10.2. The molecule has 2 heterocycles. The van der Waals surface area contributed by atoms with Gasteiger partial charge >= 0.3 is 11.9 Å². The third-order valence-electron chi connectivity index (χ3n) is 5.09. The number of carbonyl (C=O) groups excluding carboxylic acids is 2. The lowest BCUT2D eigenvalue weighted by molar-refractivity contribution is -0.407. The molecule has 0 bridgehead atoms. The summed E-state index contributed by atoms with van der Waals surface area (Å²) in [4.78, 5) is 31.9. The molecule has 0 saturated heterocycles. The summed E-state index contributed by atoms with van der Waals surface area (Å²) in [5.74, 6) is 0.648. The van der Waals surface area contributed by atoms with Crippen LogP contribution in [0.15, 0.2) is 33.7 Å². The maximum Gasteiger partial charge on any atom is 0.445 e. The van der Waals surface area contributed by atoms with Gasteiger partial charge in [-0.15, -0.1) is 16.8 Å². The largest absolute Gasteiger partial charge is 0.445 e. The average molecular weight is 385 g/mol. The second kappa shape index (κ2) is 7.80. The number of imide groups is 1. The van der Waals surface area contributed by atoms with Crippen molar-refractivity contribution in [1.82, 2.24) is 4.90 Å². The van der Waals surface area contributed by atoms with Crippen LogP contribution in [0.5, 0.6) is 0 Å². The van der Waals surface area contributed by atoms with Crippen molar-refractivity contribution in [2.45, 2.75) is 39.4 Å². The topological polar surface area (TPSA) is 52.8 Å². The number of aliphatic imine (C=N–C) groups is 1. The zero-order chi connectivity index (χ0) is 19.7. The summed E-state index contributed by atoms with van der Waals surface area (Å²) in [6.45, 7) is 6.33. The van der Waals surface area contributed by atoms with E-state index in [4.69, 9.17) is 0 Å². The van der Waals surface area contributed by atoms with Crippen LogP contribution in [-0.4, -0.2) is 47.6 Å². The Kier molecular flexibility index (Phi) is 5.65. The molecule has 1 atom stereocenters. The van der Waals surface area contributed by atoms with Crippen LogP contribution in [0.2, 0.25) is 0 Å². The fourth-order valence-corrected chi connectivity index (χ4v) is 4.78. The summed E-state index contributed by atoms with van der Waals surface area (Å²) in [6.07, 6.45) is 3.69. The number of fused-ring (bicyclic) bond motifs is 1. The molecule has 0 saturated carbocycles. The minimum Gasteiger partial charge on any atom is -0.255 e. The molecule has 142 valence electrons. The van der Waals surface area contributed by atoms with E-state index >= 15 is 0 Å². The van der Waals surface area contributed by atoms with E-state index in [1.165, 1.54) is 26.2 Å². The first-order valence-electron chi connectivity index (χ1n) is 9.23. The fraction of sp³-hybridized carbons (Fsp3) is 0.429. The van der Waals surface area contributed by atoms with E-state index < -0.39 is 5.92 Å². The van der Waals surface area contributed by atoms with Gasteiger partial charge in [-0.3, -0.25) is 4.79 Å². The molecular formula is C21H26N3O2S+. The third kappa shape index (κ3) is 3.63. The van der Waals surface area contributed by atoms with Crippen molar-refractivity contribution in [3.63, 3.8) is 0 Å². The molecule has 0 spiro atoms. The molecule has 3 rings (SSSR count). The van der Waals surface area contributed by atoms with Crippen LogP contribution in [0.25, 0.3) is 0 Å². The number of hydrogen-bond acceptors (Lipinski definition) is 4. The van der Waals surface area contributed by atoms with Gasteiger partial charge in [-0.2, -0.15) is 9.48 Å². The highest BCUT2D eigenvalue weighted by atomic mass is 32.2. The van der Waals surface area contributed by atoms with Gasteiger partial charge in [0, 0.05) is 10.7 Å². The number of benzene rings is 1. The van der Waals surface area contributed by atoms with Crippen molar-refractivity contribution in [2.24, 2.45) is 10.9 Å². The van der Waals surface area contributed by atoms with Gasteiger partial charge in [0.2, 0.25) is 0 Å². The van der Waals surface area contributed by atoms with Crippen molar-refractivity contribution in [2.75, 3.05) is 14.1 Å². The molecule has 1 unspecified atom stereocenters. The Morgan fingerprint density at radius 1 is 1.26 bits per heavy atom. The number of urea groups is 1. The second-order valence-corrected chi connectivity index (χ2v) is 8.16. The van der Waals surface area contributed by atoms with Gasteiger partial charge < -0.3 is 0 Å². The van der Waals surface area contributed by atoms with Gasteiger partial charge in [-0.25, -0.2) is 4.79 Å². The molecule has 6 heteroatoms. The highest BCUT2D eigenvalue weighted by Crippen LogP contribution is 2.38. The summed E-state index contributed by atoms with van der Waals surface area (Å²) < 4.78 is 1.49. The smallest absolute Gasteiger partial charge is 0.255 e. The number of allylic oxidation sites excluding steroid dienone is 1. The number of nitrogens with zero attached hydrogens (tertiary/aromatic N) is 3. The van der Waals surface area contributed by atoms with E-state index in [0.717, 1.165) is 29.1 Å². The van der Waals surface area contributed by atoms with Crippen LogP contribution < -0.4 is 0 Å². The van der Waals surface area contributed by atoms with Crippen molar-refractivity contribution in [3.05, 3.63) is 45.4 Å². The molecule has 0 fully saturated rings. The van der Waals surface area contributed by atoms with Crippen molar-refractivity contribution >= 4 is 35.8 Å². The van der Waals surface area contributed by atoms with Crippen LogP contribution in [-0.2, 0) is 10.5 Å². The second-order valence-electron chi connectivity index (χ2n) is 7.15. The molecule has 0 aliphatic carbocycles. The van der Waals surface area contributed by atoms with E-state index in [1.54, 1.807) is 25.9 Å². The molecule has 5 nitrogen and oxygen atoms in total. The van der Waals surface area contributed by atoms with E-state index in [0.29, 0.717) is 5.84 Å². The summed E-state index contributed by atoms with van der Waals surface area (Å²) >= 11 is 1.70. The van der Waals surface area contributed by atoms with Crippen LogP contribution in [0.4, 0.5) is 4.79 Å². The Morgan fingerprint density at radius 3 is 2.70 bits per heavy atom. The monoisotopic (exact) mass is 384 g/mol. The third-order valence-corrected chi connectivity index (χ3v) is 6.36. The Balaban J connectivity index is 2.00. The molecular weight excluding hydrogens is 358 g/mol. The van der Waals surface area contributed by atoms with Crippen LogP contribution in [0.1, 0.15) is 36.5 Å². The maximum absolute atomic E-state index is 12.9. The highest BCUT2D eigenvalue weighted by Gasteiger charge is 2.48. The van der Waals surface area contributed by atoms with Crippen molar-refractivity contribution < 1.29 is 14.2 Å². The average Bonchev–Trinajstić information content (AvgIpc) is 2.65. The van der Waals surface area contributed by atoms with Crippen LogP contribution in [0, 0.1) is 19.8 Å². The number of carbonyl (C=O) groups is 2. The lowest BCUT2D eigenvalue weighted by Gasteiger charge is -2.28. The minimum absolute atomic E-state index is 0.193. The van der Waals surface area contributed by atoms with Gasteiger partial charge in [0.1, 0.15) is 6.21 Å². The van der Waals surface area contributed by atoms with Crippen molar-refractivity contribution in [3.8, 4) is 0 Å². The first-order chi connectivity index (χ1) is 12.8. The molecule has 2 aliphatic rings. The SMILES string of the molecule is CCCC1=C(SCc2cc(C)ccc2C)C2C(=O)N(C)C(=O)[N+](C)=C2N=C1. The molecule has 0 N–H and O–H groups in total. The number of rotatable bonds is 5. The predicted molar refractivity (Wildman–Crippen MR) is 110 cm³/mol. The van der Waals surface area contributed by atoms with Crippen LogP contribution >= 0.6 is 11.8 Å². The summed E-state index contributed by atoms with van der Waals surface area (Å²) in [7, 11) is 3.23. The Morgan fingerprint density at radius 2 is 2.00 bits per heavy atom. The molecule has 3 amide bonds. The lowest BCUT2D eigenvalue weighted by atomic mass is 9.96. The number of amides is 3. The fourth-order valence-electron chi connectivity index (χ4n) is 3.44. The van der Waals surface area contributed by atoms with Gasteiger partial charge in [-0.05, 0) is 37.0 Å². The quantitative estimate of drug-likeness (QED) is 0.723. The van der Waals surface area contributed by atoms with E-state index in [9.17, 15) is 9.59 Å².